The maximum absolute atomic E-state index is 13.3. The maximum atomic E-state index is 13.3. The number of anilines is 2. The number of hydrogen-bond acceptors (Lipinski definition) is 16. The minimum Gasteiger partial charge on any atom is -0.465 e. The molecule has 0 aliphatic carbocycles. The summed E-state index contributed by atoms with van der Waals surface area (Å²) in [5, 5.41) is 20.7. The van der Waals surface area contributed by atoms with Crippen LogP contribution in [0.4, 0.5) is 22.7 Å². The predicted molar refractivity (Wildman–Crippen MR) is 198 cm³/mol. The monoisotopic (exact) mass is 856 g/mol. The number of hydrogen-bond donors (Lipinski definition) is 2. The van der Waals surface area contributed by atoms with Gasteiger partial charge in [-0.15, -0.1) is 0 Å². The number of benzene rings is 3. The summed E-state index contributed by atoms with van der Waals surface area (Å²) in [4.78, 5) is 100. The van der Waals surface area contributed by atoms with Crippen LogP contribution in [0.2, 0.25) is 0 Å². The van der Waals surface area contributed by atoms with E-state index in [1.54, 1.807) is 0 Å². The molecule has 0 heterocycles. The number of rotatable bonds is 15. The molecular formula is C35H33IN6O12. The molecule has 0 spiro atoms. The van der Waals surface area contributed by atoms with Crippen molar-refractivity contribution in [2.75, 3.05) is 39.1 Å². The van der Waals surface area contributed by atoms with Crippen molar-refractivity contribution in [2.24, 2.45) is 20.5 Å². The lowest BCUT2D eigenvalue weighted by atomic mass is 10.1. The average molecular weight is 857 g/mol. The van der Waals surface area contributed by atoms with Gasteiger partial charge >= 0.3 is 23.9 Å². The molecule has 3 rings (SSSR count). The summed E-state index contributed by atoms with van der Waals surface area (Å²) >= 11 is 2.01. The predicted octanol–water partition coefficient (Wildman–Crippen LogP) is 5.13. The molecule has 0 radical (unpaired) electrons. The molecular weight excluding hydrogens is 823 g/mol. The third-order valence-electron chi connectivity index (χ3n) is 7.25. The molecule has 2 amide bonds. The first-order valence-electron chi connectivity index (χ1n) is 15.4. The fourth-order valence-corrected chi connectivity index (χ4v) is 5.11. The Morgan fingerprint density at radius 3 is 1.41 bits per heavy atom. The molecule has 3 aromatic carbocycles. The minimum absolute atomic E-state index is 0.0252. The van der Waals surface area contributed by atoms with E-state index in [2.05, 4.69) is 31.1 Å². The van der Waals surface area contributed by atoms with Crippen molar-refractivity contribution in [1.29, 1.82) is 0 Å². The molecule has 3 aromatic rings. The minimum atomic E-state index is -1.67. The number of nitrogens with one attached hydrogen (secondary N) is 2. The van der Waals surface area contributed by atoms with Crippen LogP contribution in [0.15, 0.2) is 75.1 Å². The zero-order chi connectivity index (χ0) is 40.1. The van der Waals surface area contributed by atoms with Gasteiger partial charge in [-0.1, -0.05) is 22.6 Å². The van der Waals surface area contributed by atoms with E-state index in [0.29, 0.717) is 9.99 Å². The van der Waals surface area contributed by atoms with Gasteiger partial charge in [0.1, 0.15) is 11.4 Å². The summed E-state index contributed by atoms with van der Waals surface area (Å²) < 4.78 is 19.2. The molecule has 0 bridgehead atoms. The molecule has 0 aromatic heterocycles. The number of amides is 2. The van der Waals surface area contributed by atoms with Crippen LogP contribution < -0.4 is 10.6 Å². The first-order chi connectivity index (χ1) is 25.7. The number of ketones is 2. The SMILES string of the molecule is COC(=O)c1ccc(C(=O)OC)c(N=NC(C(C)=O)C(=O)Nc2ccc(NC(=O)C(N=Nc3cc(C(=O)OC)ccc3C(=O)OC)C(C)=O)c(CI)c2)c1. The Bertz CT molecular complexity index is 2070. The lowest BCUT2D eigenvalue weighted by molar-refractivity contribution is -0.127. The summed E-state index contributed by atoms with van der Waals surface area (Å²) in [6.45, 7) is 2.22. The van der Waals surface area contributed by atoms with E-state index in [-0.39, 0.29) is 45.0 Å². The molecule has 54 heavy (non-hydrogen) atoms. The second kappa shape index (κ2) is 19.5. The molecule has 0 saturated carbocycles. The topological polar surface area (TPSA) is 247 Å². The third kappa shape index (κ3) is 10.6. The second-order valence-corrected chi connectivity index (χ2v) is 11.6. The molecule has 2 unspecified atom stereocenters. The molecule has 0 saturated heterocycles. The fourth-order valence-electron chi connectivity index (χ4n) is 4.48. The van der Waals surface area contributed by atoms with Gasteiger partial charge in [-0.2, -0.15) is 20.5 Å². The molecule has 2 atom stereocenters. The largest absolute Gasteiger partial charge is 0.465 e. The number of ether oxygens (including phenoxy) is 4. The van der Waals surface area contributed by atoms with Crippen LogP contribution in [0.1, 0.15) is 60.8 Å². The number of carbonyl (C=O) groups excluding carboxylic acids is 8. The van der Waals surface area contributed by atoms with Crippen LogP contribution >= 0.6 is 22.6 Å². The van der Waals surface area contributed by atoms with E-state index in [1.807, 2.05) is 22.6 Å². The molecule has 2 N–H and O–H groups in total. The summed E-state index contributed by atoms with van der Waals surface area (Å²) in [7, 11) is 4.59. The lowest BCUT2D eigenvalue weighted by Crippen LogP contribution is -2.32. The number of esters is 4. The first-order valence-corrected chi connectivity index (χ1v) is 17.0. The Labute approximate surface area is 321 Å². The molecule has 18 nitrogen and oxygen atoms in total. The maximum Gasteiger partial charge on any atom is 0.340 e. The molecule has 0 fully saturated rings. The van der Waals surface area contributed by atoms with E-state index in [4.69, 9.17) is 18.9 Å². The number of carbonyl (C=O) groups is 8. The molecule has 0 aliphatic rings. The zero-order valence-electron chi connectivity index (χ0n) is 29.6. The van der Waals surface area contributed by atoms with Gasteiger partial charge in [-0.25, -0.2) is 19.2 Å². The number of Topliss-reactive ketones (excluding diaryl/α,β-unsaturated/α-hetero) is 2. The van der Waals surface area contributed by atoms with Gasteiger partial charge in [-0.3, -0.25) is 19.2 Å². The van der Waals surface area contributed by atoms with Gasteiger partial charge in [0, 0.05) is 15.8 Å². The quantitative estimate of drug-likeness (QED) is 0.0505. The smallest absolute Gasteiger partial charge is 0.340 e. The Morgan fingerprint density at radius 1 is 0.593 bits per heavy atom. The van der Waals surface area contributed by atoms with Crippen LogP contribution in [0, 0.1) is 0 Å². The average Bonchev–Trinajstić information content (AvgIpc) is 3.16. The van der Waals surface area contributed by atoms with Crippen molar-refractivity contribution in [3.8, 4) is 0 Å². The highest BCUT2D eigenvalue weighted by Crippen LogP contribution is 2.27. The van der Waals surface area contributed by atoms with Crippen molar-refractivity contribution in [3.63, 3.8) is 0 Å². The van der Waals surface area contributed by atoms with E-state index < -0.39 is 59.3 Å². The standard InChI is InChI=1S/C35H33IN6O12/c1-17(43)28(41-39-26-14-19(32(47)51-3)7-10-23(26)34(49)53-5)30(45)37-22-9-12-25(21(13-22)16-36)38-31(46)29(18(2)44)42-40-27-15-20(33(48)52-4)8-11-24(27)35(50)54-6/h7-15,28-29H,16H2,1-6H3,(H,37,45)(H,38,46). The van der Waals surface area contributed by atoms with Crippen LogP contribution in [0.5, 0.6) is 0 Å². The van der Waals surface area contributed by atoms with E-state index in [0.717, 1.165) is 42.3 Å². The zero-order valence-corrected chi connectivity index (χ0v) is 31.8. The van der Waals surface area contributed by atoms with Crippen LogP contribution in [-0.4, -0.2) is 87.8 Å². The van der Waals surface area contributed by atoms with Gasteiger partial charge in [-0.05, 0) is 74.0 Å². The van der Waals surface area contributed by atoms with Crippen LogP contribution in [-0.2, 0) is 42.6 Å². The highest BCUT2D eigenvalue weighted by atomic mass is 127. The van der Waals surface area contributed by atoms with Gasteiger partial charge < -0.3 is 29.6 Å². The van der Waals surface area contributed by atoms with Gasteiger partial charge in [0.05, 0.1) is 50.7 Å². The number of alkyl halides is 1. The number of halogens is 1. The van der Waals surface area contributed by atoms with E-state index in [9.17, 15) is 38.4 Å². The van der Waals surface area contributed by atoms with Gasteiger partial charge in [0.15, 0.2) is 11.6 Å². The molecule has 0 aliphatic heterocycles. The molecule has 282 valence electrons. The van der Waals surface area contributed by atoms with E-state index >= 15 is 0 Å². The summed E-state index contributed by atoms with van der Waals surface area (Å²) in [5.41, 5.74) is 0.509. The van der Waals surface area contributed by atoms with Crippen LogP contribution in [0.3, 0.4) is 0 Å². The highest BCUT2D eigenvalue weighted by molar-refractivity contribution is 14.1. The van der Waals surface area contributed by atoms with Crippen molar-refractivity contribution in [2.45, 2.75) is 30.4 Å². The van der Waals surface area contributed by atoms with E-state index in [1.165, 1.54) is 54.6 Å². The number of methoxy groups -OCH3 is 4. The highest BCUT2D eigenvalue weighted by Gasteiger charge is 2.27. The molecule has 19 heteroatoms. The van der Waals surface area contributed by atoms with Gasteiger partial charge in [0.25, 0.3) is 11.8 Å². The normalized spacial score (nSPS) is 12.0. The van der Waals surface area contributed by atoms with Crippen molar-refractivity contribution < 1.29 is 57.3 Å². The second-order valence-electron chi connectivity index (χ2n) is 10.9. The van der Waals surface area contributed by atoms with Crippen LogP contribution in [0.25, 0.3) is 0 Å². The van der Waals surface area contributed by atoms with Gasteiger partial charge in [0.2, 0.25) is 12.1 Å². The van der Waals surface area contributed by atoms with Crippen molar-refractivity contribution in [1.82, 2.24) is 0 Å². The summed E-state index contributed by atoms with van der Waals surface area (Å²) in [5.74, 6) is -6.22. The Hall–Kier alpha value is -6.25. The summed E-state index contributed by atoms with van der Waals surface area (Å²) in [6, 6.07) is 8.54. The Balaban J connectivity index is 1.86. The number of azo groups is 2. The summed E-state index contributed by atoms with van der Waals surface area (Å²) in [6.07, 6.45) is 0. The lowest BCUT2D eigenvalue weighted by Gasteiger charge is -2.15. The van der Waals surface area contributed by atoms with Crippen molar-refractivity contribution >= 4 is 92.6 Å². The third-order valence-corrected chi connectivity index (χ3v) is 8.07. The Morgan fingerprint density at radius 2 is 1.02 bits per heavy atom. The first kappa shape index (κ1) is 42.2. The Kier molecular flexibility index (Phi) is 15.3. The number of nitrogens with zero attached hydrogens (tertiary/aromatic N) is 4. The van der Waals surface area contributed by atoms with Crippen molar-refractivity contribution in [3.05, 3.63) is 82.4 Å². The fraction of sp³-hybridized carbons (Fsp3) is 0.257.